The van der Waals surface area contributed by atoms with Gasteiger partial charge in [0.25, 0.3) is 0 Å². The van der Waals surface area contributed by atoms with Gasteiger partial charge < -0.3 is 15.0 Å². The summed E-state index contributed by atoms with van der Waals surface area (Å²) in [4.78, 5) is 6.96. The normalized spacial score (nSPS) is 17.6. The summed E-state index contributed by atoms with van der Waals surface area (Å²) in [6.45, 7) is 3.09. The molecule has 0 unspecified atom stereocenters. The Hall–Kier alpha value is -2.74. The third-order valence-corrected chi connectivity index (χ3v) is 5.88. The molecule has 2 aliphatic heterocycles. The lowest BCUT2D eigenvalue weighted by atomic mass is 9.91. The Morgan fingerprint density at radius 2 is 2.14 bits per heavy atom. The zero-order valence-electron chi connectivity index (χ0n) is 15.9. The predicted octanol–water partition coefficient (Wildman–Crippen LogP) is 2.62. The standard InChI is InChI=1S/C20H23FN6O/c1-26-7-4-13(5-8-26)15-10-22-20(27-12-24-25-19(15)27)23-11-16-14-6-9-28-18(14)3-2-17(16)21/h2-3,10,12-13H,4-9,11H2,1H3,(H,22,23). The van der Waals surface area contributed by atoms with Crippen molar-refractivity contribution in [1.82, 2.24) is 24.5 Å². The van der Waals surface area contributed by atoms with Crippen molar-refractivity contribution in [2.24, 2.45) is 0 Å². The van der Waals surface area contributed by atoms with Gasteiger partial charge in [0.1, 0.15) is 17.9 Å². The molecule has 0 saturated carbocycles. The molecule has 28 heavy (non-hydrogen) atoms. The highest BCUT2D eigenvalue weighted by molar-refractivity contribution is 5.53. The van der Waals surface area contributed by atoms with Crippen LogP contribution in [0.25, 0.3) is 5.65 Å². The monoisotopic (exact) mass is 382 g/mol. The maximum absolute atomic E-state index is 14.4. The molecule has 1 saturated heterocycles. The largest absolute Gasteiger partial charge is 0.493 e. The molecule has 0 bridgehead atoms. The summed E-state index contributed by atoms with van der Waals surface area (Å²) in [5.41, 5.74) is 3.54. The number of ether oxygens (including phenoxy) is 1. The fraction of sp³-hybridized carbons (Fsp3) is 0.450. The molecule has 4 heterocycles. The number of aromatic nitrogens is 4. The molecule has 0 atom stereocenters. The third kappa shape index (κ3) is 2.97. The van der Waals surface area contributed by atoms with E-state index >= 15 is 0 Å². The molecule has 7 nitrogen and oxygen atoms in total. The second-order valence-electron chi connectivity index (χ2n) is 7.59. The zero-order chi connectivity index (χ0) is 19.1. The zero-order valence-corrected chi connectivity index (χ0v) is 15.9. The number of nitrogens with one attached hydrogen (secondary N) is 1. The number of benzene rings is 1. The van der Waals surface area contributed by atoms with E-state index in [0.717, 1.165) is 54.9 Å². The SMILES string of the molecule is CN1CCC(c2cnc(NCc3c(F)ccc4c3CCO4)n3cnnc23)CC1. The van der Waals surface area contributed by atoms with Crippen LogP contribution in [-0.2, 0) is 13.0 Å². The van der Waals surface area contributed by atoms with Crippen molar-refractivity contribution in [2.75, 3.05) is 32.1 Å². The van der Waals surface area contributed by atoms with Crippen molar-refractivity contribution in [3.63, 3.8) is 0 Å². The number of hydrogen-bond donors (Lipinski definition) is 1. The van der Waals surface area contributed by atoms with Gasteiger partial charge in [-0.3, -0.25) is 4.40 Å². The number of nitrogens with zero attached hydrogens (tertiary/aromatic N) is 5. The summed E-state index contributed by atoms with van der Waals surface area (Å²) in [6, 6.07) is 3.17. The topological polar surface area (TPSA) is 67.6 Å². The van der Waals surface area contributed by atoms with Gasteiger partial charge in [0.05, 0.1) is 6.61 Å². The second kappa shape index (κ2) is 7.01. The van der Waals surface area contributed by atoms with Crippen LogP contribution in [0.4, 0.5) is 10.3 Å². The van der Waals surface area contributed by atoms with Crippen LogP contribution in [0.5, 0.6) is 5.75 Å². The molecule has 0 amide bonds. The van der Waals surface area contributed by atoms with E-state index in [1.54, 1.807) is 12.4 Å². The fourth-order valence-corrected chi connectivity index (χ4v) is 4.25. The van der Waals surface area contributed by atoms with E-state index in [1.165, 1.54) is 6.07 Å². The Labute approximate surface area is 162 Å². The molecule has 0 spiro atoms. The van der Waals surface area contributed by atoms with E-state index in [2.05, 4.69) is 32.4 Å². The first-order valence-electron chi connectivity index (χ1n) is 9.75. The summed E-state index contributed by atoms with van der Waals surface area (Å²) < 4.78 is 21.8. The minimum Gasteiger partial charge on any atom is -0.493 e. The highest BCUT2D eigenvalue weighted by Crippen LogP contribution is 2.32. The van der Waals surface area contributed by atoms with Crippen molar-refractivity contribution in [3.8, 4) is 5.75 Å². The van der Waals surface area contributed by atoms with E-state index < -0.39 is 0 Å². The van der Waals surface area contributed by atoms with Crippen molar-refractivity contribution in [2.45, 2.75) is 31.7 Å². The number of halogens is 1. The van der Waals surface area contributed by atoms with Gasteiger partial charge in [0.2, 0.25) is 5.95 Å². The van der Waals surface area contributed by atoms with Crippen molar-refractivity contribution < 1.29 is 9.13 Å². The Balaban J connectivity index is 1.42. The molecular formula is C20H23FN6O. The molecule has 1 fully saturated rings. The summed E-state index contributed by atoms with van der Waals surface area (Å²) in [5.74, 6) is 1.61. The molecule has 3 aromatic rings. The van der Waals surface area contributed by atoms with Crippen LogP contribution in [0.2, 0.25) is 0 Å². The van der Waals surface area contributed by atoms with Crippen LogP contribution < -0.4 is 10.1 Å². The van der Waals surface area contributed by atoms with Gasteiger partial charge in [0, 0.05) is 35.9 Å². The second-order valence-corrected chi connectivity index (χ2v) is 7.59. The van der Waals surface area contributed by atoms with Crippen LogP contribution >= 0.6 is 0 Å². The first-order chi connectivity index (χ1) is 13.7. The van der Waals surface area contributed by atoms with Gasteiger partial charge in [0.15, 0.2) is 5.65 Å². The summed E-state index contributed by atoms with van der Waals surface area (Å²) in [6.07, 6.45) is 6.48. The summed E-state index contributed by atoms with van der Waals surface area (Å²) in [7, 11) is 2.15. The maximum Gasteiger partial charge on any atom is 0.210 e. The van der Waals surface area contributed by atoms with Gasteiger partial charge >= 0.3 is 0 Å². The number of piperidine rings is 1. The highest BCUT2D eigenvalue weighted by atomic mass is 19.1. The van der Waals surface area contributed by atoms with Crippen LogP contribution in [0.1, 0.15) is 35.4 Å². The van der Waals surface area contributed by atoms with Crippen molar-refractivity contribution in [1.29, 1.82) is 0 Å². The lowest BCUT2D eigenvalue weighted by Crippen LogP contribution is -2.29. The average molecular weight is 382 g/mol. The Morgan fingerprint density at radius 1 is 1.29 bits per heavy atom. The molecule has 1 N–H and O–H groups in total. The minimum absolute atomic E-state index is 0.223. The molecule has 2 aromatic heterocycles. The molecule has 2 aliphatic rings. The molecule has 1 aromatic carbocycles. The first-order valence-corrected chi connectivity index (χ1v) is 9.75. The number of likely N-dealkylation sites (tertiary alicyclic amines) is 1. The molecule has 8 heteroatoms. The van der Waals surface area contributed by atoms with Gasteiger partial charge in [-0.15, -0.1) is 10.2 Å². The highest BCUT2D eigenvalue weighted by Gasteiger charge is 2.23. The lowest BCUT2D eigenvalue weighted by Gasteiger charge is -2.29. The minimum atomic E-state index is -0.223. The molecule has 146 valence electrons. The lowest BCUT2D eigenvalue weighted by molar-refractivity contribution is 0.255. The summed E-state index contributed by atoms with van der Waals surface area (Å²) >= 11 is 0. The third-order valence-electron chi connectivity index (χ3n) is 5.88. The van der Waals surface area contributed by atoms with Gasteiger partial charge in [-0.2, -0.15) is 0 Å². The first kappa shape index (κ1) is 17.4. The van der Waals surface area contributed by atoms with Gasteiger partial charge in [-0.25, -0.2) is 9.37 Å². The van der Waals surface area contributed by atoms with Crippen molar-refractivity contribution >= 4 is 11.6 Å². The Bertz CT molecular complexity index is 1010. The molecule has 5 rings (SSSR count). The number of hydrogen-bond acceptors (Lipinski definition) is 6. The quantitative estimate of drug-likeness (QED) is 0.748. The van der Waals surface area contributed by atoms with E-state index in [-0.39, 0.29) is 5.82 Å². The van der Waals surface area contributed by atoms with Crippen LogP contribution in [0.3, 0.4) is 0 Å². The molecule has 0 aliphatic carbocycles. The van der Waals surface area contributed by atoms with Crippen LogP contribution in [-0.4, -0.2) is 51.2 Å². The molecular weight excluding hydrogens is 359 g/mol. The van der Waals surface area contributed by atoms with Crippen LogP contribution in [0, 0.1) is 5.82 Å². The average Bonchev–Trinajstić information content (AvgIpc) is 3.37. The van der Waals surface area contributed by atoms with Crippen molar-refractivity contribution in [3.05, 3.63) is 47.2 Å². The molecule has 0 radical (unpaired) electrons. The van der Waals surface area contributed by atoms with E-state index in [0.29, 0.717) is 30.6 Å². The Morgan fingerprint density at radius 3 is 3.00 bits per heavy atom. The number of anilines is 1. The maximum atomic E-state index is 14.4. The van der Waals surface area contributed by atoms with Crippen LogP contribution in [0.15, 0.2) is 24.7 Å². The fourth-order valence-electron chi connectivity index (χ4n) is 4.25. The predicted molar refractivity (Wildman–Crippen MR) is 103 cm³/mol. The smallest absolute Gasteiger partial charge is 0.210 e. The van der Waals surface area contributed by atoms with E-state index in [4.69, 9.17) is 4.74 Å². The van der Waals surface area contributed by atoms with Gasteiger partial charge in [-0.1, -0.05) is 0 Å². The van der Waals surface area contributed by atoms with E-state index in [1.807, 2.05) is 10.6 Å². The number of fused-ring (bicyclic) bond motifs is 2. The Kier molecular flexibility index (Phi) is 4.35. The number of rotatable bonds is 4. The van der Waals surface area contributed by atoms with E-state index in [9.17, 15) is 4.39 Å². The van der Waals surface area contributed by atoms with Gasteiger partial charge in [-0.05, 0) is 51.0 Å². The summed E-state index contributed by atoms with van der Waals surface area (Å²) in [5, 5.41) is 11.7.